The highest BCUT2D eigenvalue weighted by atomic mass is 35.5. The molecule has 0 bridgehead atoms. The van der Waals surface area contributed by atoms with Gasteiger partial charge in [-0.2, -0.15) is 0 Å². The molecule has 0 unspecified atom stereocenters. The second kappa shape index (κ2) is 15.1. The topological polar surface area (TPSA) is 43.0 Å². The fraction of sp³-hybridized carbons (Fsp3) is 0.579. The summed E-state index contributed by atoms with van der Waals surface area (Å²) in [7, 11) is 0. The monoisotopic (exact) mass is 406 g/mol. The van der Waals surface area contributed by atoms with Crippen LogP contribution < -0.4 is 14.8 Å². The van der Waals surface area contributed by atoms with Gasteiger partial charge in [0.15, 0.2) is 11.5 Å². The molecule has 1 heterocycles. The first kappa shape index (κ1) is 25.0. The van der Waals surface area contributed by atoms with E-state index in [1.807, 2.05) is 19.1 Å². The van der Waals surface area contributed by atoms with Crippen molar-refractivity contribution in [2.75, 3.05) is 52.6 Å². The molecule has 1 N–H and O–H groups in total. The lowest BCUT2D eigenvalue weighted by atomic mass is 10.2. The van der Waals surface area contributed by atoms with Crippen LogP contribution in [0.15, 0.2) is 30.9 Å². The van der Waals surface area contributed by atoms with E-state index in [2.05, 4.69) is 22.9 Å². The number of nitrogens with one attached hydrogen (secondary N) is 1. The van der Waals surface area contributed by atoms with Gasteiger partial charge < -0.3 is 19.5 Å². The van der Waals surface area contributed by atoms with E-state index >= 15 is 0 Å². The van der Waals surface area contributed by atoms with Crippen LogP contribution in [-0.2, 0) is 11.3 Å². The molecule has 5 nitrogen and oxygen atoms in total. The Morgan fingerprint density at radius 1 is 1.23 bits per heavy atom. The molecule has 1 aromatic carbocycles. The van der Waals surface area contributed by atoms with Gasteiger partial charge >= 0.3 is 0 Å². The average Bonchev–Trinajstić information content (AvgIpc) is 2.62. The van der Waals surface area contributed by atoms with Gasteiger partial charge in [-0.05, 0) is 32.5 Å². The molecule has 26 heavy (non-hydrogen) atoms. The molecule has 0 saturated carbocycles. The number of hydrogen-bond donors (Lipinski definition) is 1. The number of nitrogens with zero attached hydrogens (tertiary/aromatic N) is 1. The normalized spacial score (nSPS) is 14.0. The fourth-order valence-corrected chi connectivity index (χ4v) is 2.75. The Morgan fingerprint density at radius 3 is 2.69 bits per heavy atom. The average molecular weight is 407 g/mol. The van der Waals surface area contributed by atoms with Crippen LogP contribution in [-0.4, -0.2) is 57.5 Å². The van der Waals surface area contributed by atoms with Crippen LogP contribution >= 0.6 is 24.8 Å². The van der Waals surface area contributed by atoms with Gasteiger partial charge in [0, 0.05) is 25.2 Å². The Bertz CT molecular complexity index is 498. The van der Waals surface area contributed by atoms with Crippen molar-refractivity contribution in [1.82, 2.24) is 10.2 Å². The Labute approximate surface area is 169 Å². The summed E-state index contributed by atoms with van der Waals surface area (Å²) in [5.41, 5.74) is 1.12. The summed E-state index contributed by atoms with van der Waals surface area (Å²) in [6.45, 7) is 13.5. The minimum absolute atomic E-state index is 0. The number of morpholine rings is 1. The van der Waals surface area contributed by atoms with Crippen LogP contribution in [0.5, 0.6) is 11.5 Å². The van der Waals surface area contributed by atoms with Gasteiger partial charge in [-0.3, -0.25) is 4.90 Å². The van der Waals surface area contributed by atoms with E-state index in [-0.39, 0.29) is 24.8 Å². The lowest BCUT2D eigenvalue weighted by Gasteiger charge is -2.26. The fourth-order valence-electron chi connectivity index (χ4n) is 2.75. The van der Waals surface area contributed by atoms with E-state index in [4.69, 9.17) is 14.2 Å². The minimum atomic E-state index is 0. The zero-order valence-corrected chi connectivity index (χ0v) is 17.2. The number of halogens is 2. The van der Waals surface area contributed by atoms with Crippen molar-refractivity contribution in [3.05, 3.63) is 36.4 Å². The molecule has 0 atom stereocenters. The smallest absolute Gasteiger partial charge is 0.166 e. The molecule has 1 fully saturated rings. The van der Waals surface area contributed by atoms with E-state index < -0.39 is 0 Å². The van der Waals surface area contributed by atoms with Crippen molar-refractivity contribution in [1.29, 1.82) is 0 Å². The van der Waals surface area contributed by atoms with E-state index in [9.17, 15) is 0 Å². The van der Waals surface area contributed by atoms with E-state index in [1.165, 1.54) is 0 Å². The Balaban J connectivity index is 0.00000312. The van der Waals surface area contributed by atoms with E-state index in [0.29, 0.717) is 13.2 Å². The van der Waals surface area contributed by atoms with Crippen molar-refractivity contribution >= 4 is 24.8 Å². The van der Waals surface area contributed by atoms with Gasteiger partial charge in [-0.25, -0.2) is 0 Å². The van der Waals surface area contributed by atoms with Crippen LogP contribution in [0.2, 0.25) is 0 Å². The summed E-state index contributed by atoms with van der Waals surface area (Å²) < 4.78 is 16.9. The molecular formula is C19H32Cl2N2O3. The predicted octanol–water partition coefficient (Wildman–Crippen LogP) is 3.31. The molecule has 1 saturated heterocycles. The molecule has 2 rings (SSSR count). The standard InChI is InChI=1S/C19H30N2O3.2ClH/c1-3-13-24-19-17(7-5-8-18(19)23-4-2)16-20-9-6-10-21-11-14-22-15-12-21;;/h3,5,7-8,20H,1,4,6,9-16H2,2H3;2*1H. The Hall–Kier alpha value is -0.980. The van der Waals surface area contributed by atoms with Crippen LogP contribution in [0.3, 0.4) is 0 Å². The third-order valence-corrected chi connectivity index (χ3v) is 3.95. The largest absolute Gasteiger partial charge is 0.490 e. The SMILES string of the molecule is C=CCOc1c(CNCCCN2CCOCC2)cccc1OCC.Cl.Cl. The third-order valence-electron chi connectivity index (χ3n) is 3.95. The third kappa shape index (κ3) is 8.60. The molecule has 1 aliphatic rings. The van der Waals surface area contributed by atoms with Gasteiger partial charge in [-0.15, -0.1) is 24.8 Å². The van der Waals surface area contributed by atoms with Crippen LogP contribution in [0.25, 0.3) is 0 Å². The van der Waals surface area contributed by atoms with Gasteiger partial charge in [0.25, 0.3) is 0 Å². The first-order chi connectivity index (χ1) is 11.8. The Kier molecular flexibility index (Phi) is 14.5. The highest BCUT2D eigenvalue weighted by molar-refractivity contribution is 5.85. The zero-order chi connectivity index (χ0) is 17.0. The van der Waals surface area contributed by atoms with Crippen LogP contribution in [0, 0.1) is 0 Å². The minimum Gasteiger partial charge on any atom is -0.490 e. The van der Waals surface area contributed by atoms with Gasteiger partial charge in [0.05, 0.1) is 19.8 Å². The highest BCUT2D eigenvalue weighted by Gasteiger charge is 2.11. The van der Waals surface area contributed by atoms with Gasteiger partial charge in [-0.1, -0.05) is 24.8 Å². The van der Waals surface area contributed by atoms with E-state index in [0.717, 1.165) is 69.4 Å². The molecule has 0 spiro atoms. The molecule has 0 aromatic heterocycles. The number of ether oxygens (including phenoxy) is 3. The highest BCUT2D eigenvalue weighted by Crippen LogP contribution is 2.31. The van der Waals surface area contributed by atoms with Crippen molar-refractivity contribution in [2.24, 2.45) is 0 Å². The molecule has 0 radical (unpaired) electrons. The number of benzene rings is 1. The number of para-hydroxylation sites is 1. The maximum Gasteiger partial charge on any atom is 0.166 e. The summed E-state index contributed by atoms with van der Waals surface area (Å²) in [6, 6.07) is 6.04. The molecule has 150 valence electrons. The summed E-state index contributed by atoms with van der Waals surface area (Å²) in [6.07, 6.45) is 2.89. The van der Waals surface area contributed by atoms with Crippen LogP contribution in [0.4, 0.5) is 0 Å². The number of hydrogen-bond acceptors (Lipinski definition) is 5. The molecule has 7 heteroatoms. The van der Waals surface area contributed by atoms with Crippen molar-refractivity contribution in [2.45, 2.75) is 19.9 Å². The van der Waals surface area contributed by atoms with Gasteiger partial charge in [0.1, 0.15) is 6.61 Å². The summed E-state index contributed by atoms with van der Waals surface area (Å²) >= 11 is 0. The Morgan fingerprint density at radius 2 is 2.00 bits per heavy atom. The first-order valence-corrected chi connectivity index (χ1v) is 8.84. The van der Waals surface area contributed by atoms with Crippen molar-refractivity contribution in [3.8, 4) is 11.5 Å². The number of rotatable bonds is 11. The summed E-state index contributed by atoms with van der Waals surface area (Å²) in [5.74, 6) is 1.62. The molecule has 1 aromatic rings. The maximum atomic E-state index is 5.82. The molecular weight excluding hydrogens is 375 g/mol. The quantitative estimate of drug-likeness (QED) is 0.451. The van der Waals surface area contributed by atoms with Crippen LogP contribution in [0.1, 0.15) is 18.9 Å². The lowest BCUT2D eigenvalue weighted by Crippen LogP contribution is -2.37. The van der Waals surface area contributed by atoms with Crippen molar-refractivity contribution < 1.29 is 14.2 Å². The molecule has 1 aliphatic heterocycles. The first-order valence-electron chi connectivity index (χ1n) is 8.84. The second-order valence-corrected chi connectivity index (χ2v) is 5.76. The van der Waals surface area contributed by atoms with Gasteiger partial charge in [0.2, 0.25) is 0 Å². The summed E-state index contributed by atoms with van der Waals surface area (Å²) in [5, 5.41) is 3.51. The lowest BCUT2D eigenvalue weighted by molar-refractivity contribution is 0.0374. The predicted molar refractivity (Wildman–Crippen MR) is 111 cm³/mol. The molecule has 0 amide bonds. The van der Waals surface area contributed by atoms with E-state index in [1.54, 1.807) is 6.08 Å². The maximum absolute atomic E-state index is 5.82. The van der Waals surface area contributed by atoms with Crippen molar-refractivity contribution in [3.63, 3.8) is 0 Å². The summed E-state index contributed by atoms with van der Waals surface area (Å²) in [4.78, 5) is 2.46. The second-order valence-electron chi connectivity index (χ2n) is 5.76. The zero-order valence-electron chi connectivity index (χ0n) is 15.6. The molecule has 0 aliphatic carbocycles.